The zero-order valence-corrected chi connectivity index (χ0v) is 13.0. The maximum absolute atomic E-state index is 11.9. The Morgan fingerprint density at radius 2 is 1.80 bits per heavy atom. The van der Waals surface area contributed by atoms with Crippen LogP contribution in [-0.4, -0.2) is 12.1 Å². The Morgan fingerprint density at radius 1 is 1.15 bits per heavy atom. The number of hydrogen-bond donors (Lipinski definition) is 1. The third kappa shape index (κ3) is 3.14. The highest BCUT2D eigenvalue weighted by Crippen LogP contribution is 2.16. The first-order valence-electron chi connectivity index (χ1n) is 6.44. The molecule has 0 saturated carbocycles. The van der Waals surface area contributed by atoms with E-state index in [2.05, 4.69) is 29.6 Å². The largest absolute Gasteiger partial charge is 0.281 e. The van der Waals surface area contributed by atoms with Crippen molar-refractivity contribution in [2.45, 2.75) is 27.7 Å². The summed E-state index contributed by atoms with van der Waals surface area (Å²) in [5.41, 5.74) is 8.17. The fourth-order valence-electron chi connectivity index (χ4n) is 2.21. The van der Waals surface area contributed by atoms with Crippen molar-refractivity contribution in [1.82, 2.24) is 5.43 Å². The predicted molar refractivity (Wildman–Crippen MR) is 84.8 cm³/mol. The molecule has 0 atom stereocenters. The standard InChI is InChI=1S/C16H18N2OS/c1-10-7-12(3)14(13(4)8-10)9-17-18-16(19)15-11(2)5-6-20-15/h5-9H,1-4H3,(H,18,19)/b17-9+. The van der Waals surface area contributed by atoms with E-state index in [4.69, 9.17) is 0 Å². The average molecular weight is 286 g/mol. The summed E-state index contributed by atoms with van der Waals surface area (Å²) >= 11 is 1.43. The third-order valence-electron chi connectivity index (χ3n) is 3.17. The lowest BCUT2D eigenvalue weighted by atomic mass is 10.0. The summed E-state index contributed by atoms with van der Waals surface area (Å²) in [6, 6.07) is 6.15. The minimum Gasteiger partial charge on any atom is -0.266 e. The summed E-state index contributed by atoms with van der Waals surface area (Å²) in [5.74, 6) is -0.156. The highest BCUT2D eigenvalue weighted by atomic mass is 32.1. The molecule has 0 spiro atoms. The normalized spacial score (nSPS) is 11.0. The molecular weight excluding hydrogens is 268 g/mol. The van der Waals surface area contributed by atoms with Crippen LogP contribution in [0.5, 0.6) is 0 Å². The number of carbonyl (C=O) groups excluding carboxylic acids is 1. The van der Waals surface area contributed by atoms with Crippen molar-refractivity contribution in [2.75, 3.05) is 0 Å². The van der Waals surface area contributed by atoms with Crippen LogP contribution >= 0.6 is 11.3 Å². The number of benzene rings is 1. The molecule has 4 heteroatoms. The number of nitrogens with zero attached hydrogens (tertiary/aromatic N) is 1. The van der Waals surface area contributed by atoms with E-state index in [1.165, 1.54) is 16.9 Å². The molecule has 1 N–H and O–H groups in total. The fraction of sp³-hybridized carbons (Fsp3) is 0.250. The van der Waals surface area contributed by atoms with E-state index < -0.39 is 0 Å². The van der Waals surface area contributed by atoms with Gasteiger partial charge in [-0.25, -0.2) is 5.43 Å². The molecule has 1 amide bonds. The topological polar surface area (TPSA) is 41.5 Å². The zero-order valence-electron chi connectivity index (χ0n) is 12.2. The molecule has 2 aromatic rings. The third-order valence-corrected chi connectivity index (χ3v) is 4.18. The monoisotopic (exact) mass is 286 g/mol. The van der Waals surface area contributed by atoms with Gasteiger partial charge in [0, 0.05) is 5.56 Å². The van der Waals surface area contributed by atoms with Gasteiger partial charge in [-0.15, -0.1) is 11.3 Å². The number of hydrogen-bond acceptors (Lipinski definition) is 3. The summed E-state index contributed by atoms with van der Waals surface area (Å²) in [4.78, 5) is 12.6. The van der Waals surface area contributed by atoms with Gasteiger partial charge in [-0.1, -0.05) is 17.7 Å². The first-order chi connectivity index (χ1) is 9.49. The van der Waals surface area contributed by atoms with Crippen molar-refractivity contribution in [2.24, 2.45) is 5.10 Å². The Labute approximate surface area is 123 Å². The Kier molecular flexibility index (Phi) is 4.35. The molecule has 0 fully saturated rings. The molecular formula is C16H18N2OS. The van der Waals surface area contributed by atoms with Gasteiger partial charge in [0.15, 0.2) is 0 Å². The number of hydrazone groups is 1. The molecule has 0 bridgehead atoms. The first kappa shape index (κ1) is 14.5. The number of carbonyl (C=O) groups is 1. The van der Waals surface area contributed by atoms with Gasteiger partial charge < -0.3 is 0 Å². The molecule has 0 aliphatic heterocycles. The van der Waals surface area contributed by atoms with E-state index in [1.54, 1.807) is 6.21 Å². The molecule has 0 aliphatic carbocycles. The summed E-state index contributed by atoms with van der Waals surface area (Å²) in [6.45, 7) is 8.09. The van der Waals surface area contributed by atoms with Crippen LogP contribution in [0.15, 0.2) is 28.7 Å². The van der Waals surface area contributed by atoms with Gasteiger partial charge >= 0.3 is 0 Å². The van der Waals surface area contributed by atoms with Gasteiger partial charge in [-0.05, 0) is 55.8 Å². The van der Waals surface area contributed by atoms with Crippen LogP contribution in [0.1, 0.15) is 37.5 Å². The van der Waals surface area contributed by atoms with Crippen LogP contribution in [-0.2, 0) is 0 Å². The molecule has 0 unspecified atom stereocenters. The molecule has 1 aromatic heterocycles. The van der Waals surface area contributed by atoms with Crippen LogP contribution in [0.4, 0.5) is 0 Å². The lowest BCUT2D eigenvalue weighted by Crippen LogP contribution is -2.17. The number of thiophene rings is 1. The molecule has 2 rings (SSSR count). The number of rotatable bonds is 3. The number of amides is 1. The van der Waals surface area contributed by atoms with Crippen LogP contribution in [0.2, 0.25) is 0 Å². The van der Waals surface area contributed by atoms with Crippen molar-refractivity contribution < 1.29 is 4.79 Å². The molecule has 0 aliphatic rings. The second-order valence-electron chi connectivity index (χ2n) is 4.94. The minimum atomic E-state index is -0.156. The SMILES string of the molecule is Cc1cc(C)c(/C=N/NC(=O)c2sccc2C)c(C)c1. The van der Waals surface area contributed by atoms with Gasteiger partial charge in [0.25, 0.3) is 5.91 Å². The zero-order chi connectivity index (χ0) is 14.7. The quantitative estimate of drug-likeness (QED) is 0.677. The molecule has 3 nitrogen and oxygen atoms in total. The van der Waals surface area contributed by atoms with E-state index in [0.29, 0.717) is 4.88 Å². The van der Waals surface area contributed by atoms with Gasteiger partial charge in [-0.3, -0.25) is 4.79 Å². The van der Waals surface area contributed by atoms with E-state index in [-0.39, 0.29) is 5.91 Å². The Balaban J connectivity index is 2.12. The maximum atomic E-state index is 11.9. The van der Waals surface area contributed by atoms with Gasteiger partial charge in [-0.2, -0.15) is 5.10 Å². The van der Waals surface area contributed by atoms with E-state index in [0.717, 1.165) is 22.3 Å². The smallest absolute Gasteiger partial charge is 0.266 e. The van der Waals surface area contributed by atoms with E-state index in [1.807, 2.05) is 32.2 Å². The molecule has 1 heterocycles. The Bertz CT molecular complexity index is 648. The predicted octanol–water partition coefficient (Wildman–Crippen LogP) is 3.75. The van der Waals surface area contributed by atoms with Crippen LogP contribution in [0, 0.1) is 27.7 Å². The summed E-state index contributed by atoms with van der Waals surface area (Å²) in [6.07, 6.45) is 1.71. The summed E-state index contributed by atoms with van der Waals surface area (Å²) in [5, 5.41) is 5.98. The van der Waals surface area contributed by atoms with E-state index >= 15 is 0 Å². The van der Waals surface area contributed by atoms with Gasteiger partial charge in [0.1, 0.15) is 0 Å². The second kappa shape index (κ2) is 6.01. The highest BCUT2D eigenvalue weighted by molar-refractivity contribution is 7.12. The Hall–Kier alpha value is -1.94. The average Bonchev–Trinajstić information content (AvgIpc) is 2.78. The van der Waals surface area contributed by atoms with Crippen molar-refractivity contribution in [3.05, 3.63) is 56.3 Å². The maximum Gasteiger partial charge on any atom is 0.281 e. The number of aryl methyl sites for hydroxylation is 4. The molecule has 104 valence electrons. The van der Waals surface area contributed by atoms with E-state index in [9.17, 15) is 4.79 Å². The van der Waals surface area contributed by atoms with Crippen LogP contribution in [0.25, 0.3) is 0 Å². The van der Waals surface area contributed by atoms with Crippen LogP contribution < -0.4 is 5.43 Å². The van der Waals surface area contributed by atoms with Crippen molar-refractivity contribution >= 4 is 23.5 Å². The van der Waals surface area contributed by atoms with Crippen LogP contribution in [0.3, 0.4) is 0 Å². The van der Waals surface area contributed by atoms with Gasteiger partial charge in [0.2, 0.25) is 0 Å². The van der Waals surface area contributed by atoms with Crippen molar-refractivity contribution in [3.8, 4) is 0 Å². The lowest BCUT2D eigenvalue weighted by molar-refractivity contribution is 0.0958. The molecule has 0 radical (unpaired) electrons. The molecule has 1 aromatic carbocycles. The number of nitrogens with one attached hydrogen (secondary N) is 1. The van der Waals surface area contributed by atoms with Gasteiger partial charge in [0.05, 0.1) is 11.1 Å². The molecule has 0 saturated heterocycles. The van der Waals surface area contributed by atoms with Crippen molar-refractivity contribution in [1.29, 1.82) is 0 Å². The van der Waals surface area contributed by atoms with Crippen molar-refractivity contribution in [3.63, 3.8) is 0 Å². The molecule has 20 heavy (non-hydrogen) atoms. The summed E-state index contributed by atoms with van der Waals surface area (Å²) in [7, 11) is 0. The highest BCUT2D eigenvalue weighted by Gasteiger charge is 2.09. The minimum absolute atomic E-state index is 0.156. The second-order valence-corrected chi connectivity index (χ2v) is 5.86. The lowest BCUT2D eigenvalue weighted by Gasteiger charge is -2.06. The fourth-order valence-corrected chi connectivity index (χ4v) is 3.02. The Morgan fingerprint density at radius 3 is 2.35 bits per heavy atom. The summed E-state index contributed by atoms with van der Waals surface area (Å²) < 4.78 is 0. The first-order valence-corrected chi connectivity index (χ1v) is 7.32.